The largest absolute Gasteiger partial charge is 0.493 e. The number of benzene rings is 3. The van der Waals surface area contributed by atoms with Crippen molar-refractivity contribution in [1.82, 2.24) is 0 Å². The molecule has 6 nitrogen and oxygen atoms in total. The summed E-state index contributed by atoms with van der Waals surface area (Å²) in [6.45, 7) is 2.10. The molecule has 172 valence electrons. The van der Waals surface area contributed by atoms with Crippen molar-refractivity contribution in [2.24, 2.45) is 0 Å². The maximum Gasteiger partial charge on any atom is 0.310 e. The lowest BCUT2D eigenvalue weighted by molar-refractivity contribution is -0.138. The molecule has 2 N–H and O–H groups in total. The van der Waals surface area contributed by atoms with Gasteiger partial charge in [-0.3, -0.25) is 9.52 Å². The lowest BCUT2D eigenvalue weighted by atomic mass is 10.0. The number of hydrogen-bond acceptors (Lipinski definition) is 4. The monoisotopic (exact) mass is 465 g/mol. The summed E-state index contributed by atoms with van der Waals surface area (Å²) in [5.41, 5.74) is 2.04. The number of nitrogens with one attached hydrogen (secondary N) is 1. The number of ether oxygens (including phenoxy) is 1. The van der Waals surface area contributed by atoms with Crippen LogP contribution in [0.25, 0.3) is 6.08 Å². The number of carboxylic acids is 1. The van der Waals surface area contributed by atoms with Gasteiger partial charge in [-0.1, -0.05) is 60.7 Å². The molecule has 3 aromatic carbocycles. The van der Waals surface area contributed by atoms with Crippen molar-refractivity contribution < 1.29 is 23.1 Å². The van der Waals surface area contributed by atoms with Gasteiger partial charge in [-0.05, 0) is 55.7 Å². The molecule has 0 amide bonds. The molecule has 1 atom stereocenters. The summed E-state index contributed by atoms with van der Waals surface area (Å²) in [5.74, 6) is -0.926. The van der Waals surface area contributed by atoms with Gasteiger partial charge in [-0.2, -0.15) is 0 Å². The molecule has 0 aliphatic rings. The van der Waals surface area contributed by atoms with Gasteiger partial charge < -0.3 is 9.84 Å². The summed E-state index contributed by atoms with van der Waals surface area (Å²) in [4.78, 5) is 11.5. The second kappa shape index (κ2) is 11.3. The van der Waals surface area contributed by atoms with E-state index in [2.05, 4.69) is 4.72 Å². The van der Waals surface area contributed by atoms with Crippen LogP contribution in [0.5, 0.6) is 5.75 Å². The summed E-state index contributed by atoms with van der Waals surface area (Å²) in [6.07, 6.45) is 5.45. The van der Waals surface area contributed by atoms with Gasteiger partial charge in [0.25, 0.3) is 10.0 Å². The fourth-order valence-electron chi connectivity index (χ4n) is 3.23. The highest BCUT2D eigenvalue weighted by molar-refractivity contribution is 7.92. The topological polar surface area (TPSA) is 92.7 Å². The van der Waals surface area contributed by atoms with Gasteiger partial charge >= 0.3 is 5.97 Å². The minimum absolute atomic E-state index is 0.213. The molecule has 0 aliphatic heterocycles. The van der Waals surface area contributed by atoms with Gasteiger partial charge in [0.05, 0.1) is 17.4 Å². The average Bonchev–Trinajstić information content (AvgIpc) is 2.81. The molecule has 0 spiro atoms. The second-order valence-corrected chi connectivity index (χ2v) is 9.22. The van der Waals surface area contributed by atoms with Crippen LogP contribution in [-0.4, -0.2) is 26.1 Å². The summed E-state index contributed by atoms with van der Waals surface area (Å²) < 4.78 is 33.4. The third kappa shape index (κ3) is 6.95. The van der Waals surface area contributed by atoms with Crippen LogP contribution in [0.4, 0.5) is 5.69 Å². The zero-order valence-electron chi connectivity index (χ0n) is 18.3. The Morgan fingerprint density at radius 2 is 1.76 bits per heavy atom. The summed E-state index contributed by atoms with van der Waals surface area (Å²) >= 11 is 0. The molecule has 0 aromatic heterocycles. The first kappa shape index (κ1) is 24.1. The standard InChI is InChI=1S/C26H27NO5S/c1-20(26(28)29)24-16-7-8-17-25(24)32-18-9-3-4-11-21-12-10-13-22(19-21)27-33(30,31)23-14-5-2-6-15-23/h2,4-8,10-17,19-20,27H,3,9,18H2,1H3,(H,28,29)/b11-4+. The highest BCUT2D eigenvalue weighted by Crippen LogP contribution is 2.26. The first-order chi connectivity index (χ1) is 15.9. The van der Waals surface area contributed by atoms with Crippen LogP contribution < -0.4 is 9.46 Å². The quantitative estimate of drug-likeness (QED) is 0.362. The SMILES string of the molecule is CC(C(=O)O)c1ccccc1OCCC/C=C/c1cccc(NS(=O)(=O)c2ccccc2)c1. The van der Waals surface area contributed by atoms with Gasteiger partial charge in [0.1, 0.15) is 5.75 Å². The number of unbranched alkanes of at least 4 members (excludes halogenated alkanes) is 1. The Hall–Kier alpha value is -3.58. The number of rotatable bonds is 11. The first-order valence-electron chi connectivity index (χ1n) is 10.7. The molecule has 33 heavy (non-hydrogen) atoms. The zero-order valence-corrected chi connectivity index (χ0v) is 19.2. The zero-order chi connectivity index (χ0) is 23.7. The van der Waals surface area contributed by atoms with Crippen molar-refractivity contribution in [1.29, 1.82) is 0 Å². The minimum atomic E-state index is -3.63. The highest BCUT2D eigenvalue weighted by atomic mass is 32.2. The van der Waals surface area contributed by atoms with Crippen molar-refractivity contribution >= 4 is 27.8 Å². The molecule has 0 bridgehead atoms. The Labute approximate surface area is 194 Å². The molecule has 0 fully saturated rings. The number of para-hydroxylation sites is 1. The lowest BCUT2D eigenvalue weighted by Gasteiger charge is -2.13. The van der Waals surface area contributed by atoms with E-state index in [1.54, 1.807) is 73.7 Å². The Morgan fingerprint density at radius 3 is 2.52 bits per heavy atom. The Morgan fingerprint density at radius 1 is 1.03 bits per heavy atom. The van der Waals surface area contributed by atoms with Gasteiger partial charge in [0.2, 0.25) is 0 Å². The molecule has 0 heterocycles. The van der Waals surface area contributed by atoms with Gasteiger partial charge in [0.15, 0.2) is 0 Å². The maximum absolute atomic E-state index is 12.5. The number of allylic oxidation sites excluding steroid dienone is 1. The van der Waals surface area contributed by atoms with E-state index >= 15 is 0 Å². The average molecular weight is 466 g/mol. The number of carboxylic acid groups (broad SMARTS) is 1. The molecule has 7 heteroatoms. The van der Waals surface area contributed by atoms with E-state index in [1.165, 1.54) is 0 Å². The number of carbonyl (C=O) groups is 1. The summed E-state index contributed by atoms with van der Waals surface area (Å²) in [5, 5.41) is 9.25. The van der Waals surface area contributed by atoms with E-state index in [0.29, 0.717) is 23.6 Å². The van der Waals surface area contributed by atoms with Crippen LogP contribution in [0.3, 0.4) is 0 Å². The molecule has 0 saturated heterocycles. The van der Waals surface area contributed by atoms with E-state index in [9.17, 15) is 18.3 Å². The van der Waals surface area contributed by atoms with Crippen LogP contribution in [0.15, 0.2) is 89.8 Å². The summed E-state index contributed by atoms with van der Waals surface area (Å²) in [6, 6.07) is 22.6. The van der Waals surface area contributed by atoms with Crippen molar-refractivity contribution in [3.8, 4) is 5.75 Å². The number of aliphatic carboxylic acids is 1. The number of anilines is 1. The molecule has 3 rings (SSSR count). The fraction of sp³-hybridized carbons (Fsp3) is 0.192. The predicted molar refractivity (Wildman–Crippen MR) is 130 cm³/mol. The van der Waals surface area contributed by atoms with E-state index in [1.807, 2.05) is 24.3 Å². The number of sulfonamides is 1. The van der Waals surface area contributed by atoms with Crippen LogP contribution >= 0.6 is 0 Å². The van der Waals surface area contributed by atoms with Crippen LogP contribution in [-0.2, 0) is 14.8 Å². The smallest absolute Gasteiger partial charge is 0.310 e. The Balaban J connectivity index is 1.52. The Bertz CT molecular complexity index is 1210. The van der Waals surface area contributed by atoms with Crippen molar-refractivity contribution in [2.75, 3.05) is 11.3 Å². The van der Waals surface area contributed by atoms with Gasteiger partial charge in [-0.15, -0.1) is 0 Å². The Kier molecular flexibility index (Phi) is 8.27. The van der Waals surface area contributed by atoms with E-state index in [4.69, 9.17) is 4.74 Å². The normalized spacial score (nSPS) is 12.4. The third-order valence-electron chi connectivity index (χ3n) is 5.03. The molecule has 0 saturated carbocycles. The minimum Gasteiger partial charge on any atom is -0.493 e. The predicted octanol–water partition coefficient (Wildman–Crippen LogP) is 5.55. The molecule has 0 aliphatic carbocycles. The molecule has 0 radical (unpaired) electrons. The molecule has 1 unspecified atom stereocenters. The van der Waals surface area contributed by atoms with E-state index < -0.39 is 21.9 Å². The number of hydrogen-bond donors (Lipinski definition) is 2. The molecular formula is C26H27NO5S. The van der Waals surface area contributed by atoms with Gasteiger partial charge in [-0.25, -0.2) is 8.42 Å². The molecular weight excluding hydrogens is 438 g/mol. The van der Waals surface area contributed by atoms with Crippen LogP contribution in [0.2, 0.25) is 0 Å². The van der Waals surface area contributed by atoms with E-state index in [0.717, 1.165) is 18.4 Å². The first-order valence-corrected chi connectivity index (χ1v) is 12.1. The van der Waals surface area contributed by atoms with E-state index in [-0.39, 0.29) is 4.90 Å². The van der Waals surface area contributed by atoms with Crippen molar-refractivity contribution in [3.05, 3.63) is 96.1 Å². The maximum atomic E-state index is 12.5. The highest BCUT2D eigenvalue weighted by Gasteiger charge is 2.17. The fourth-order valence-corrected chi connectivity index (χ4v) is 4.30. The lowest BCUT2D eigenvalue weighted by Crippen LogP contribution is -2.12. The third-order valence-corrected chi connectivity index (χ3v) is 6.43. The molecule has 3 aromatic rings. The van der Waals surface area contributed by atoms with Crippen LogP contribution in [0, 0.1) is 0 Å². The second-order valence-electron chi connectivity index (χ2n) is 7.53. The van der Waals surface area contributed by atoms with Crippen molar-refractivity contribution in [2.45, 2.75) is 30.6 Å². The van der Waals surface area contributed by atoms with Crippen molar-refractivity contribution in [3.63, 3.8) is 0 Å². The van der Waals surface area contributed by atoms with Crippen LogP contribution in [0.1, 0.15) is 36.8 Å². The van der Waals surface area contributed by atoms with Gasteiger partial charge in [0, 0.05) is 11.3 Å². The summed E-state index contributed by atoms with van der Waals surface area (Å²) in [7, 11) is -3.63.